The van der Waals surface area contributed by atoms with E-state index >= 15 is 0 Å². The number of hydrogen-bond donors (Lipinski definition) is 1. The predicted molar refractivity (Wildman–Crippen MR) is 80.1 cm³/mol. The highest BCUT2D eigenvalue weighted by Gasteiger charge is 2.08. The summed E-state index contributed by atoms with van der Waals surface area (Å²) in [6.07, 6.45) is 3.55. The summed E-state index contributed by atoms with van der Waals surface area (Å²) < 4.78 is 3.24. The molecule has 0 saturated heterocycles. The van der Waals surface area contributed by atoms with Crippen LogP contribution in [0.4, 0.5) is 5.82 Å². The van der Waals surface area contributed by atoms with E-state index in [1.54, 1.807) is 28.6 Å². The van der Waals surface area contributed by atoms with Crippen LogP contribution < -0.4 is 11.0 Å². The molecule has 5 heteroatoms. The monoisotopic (exact) mass is 268 g/mol. The van der Waals surface area contributed by atoms with Gasteiger partial charge in [0.25, 0.3) is 0 Å². The second-order valence-corrected chi connectivity index (χ2v) is 4.76. The first-order valence-electron chi connectivity index (χ1n) is 6.47. The molecular weight excluding hydrogens is 252 g/mol. The van der Waals surface area contributed by atoms with Gasteiger partial charge in [-0.3, -0.25) is 4.57 Å². The lowest BCUT2D eigenvalue weighted by atomic mass is 10.1. The van der Waals surface area contributed by atoms with Crippen molar-refractivity contribution in [1.29, 1.82) is 0 Å². The Hall–Kier alpha value is -2.56. The van der Waals surface area contributed by atoms with Gasteiger partial charge in [0, 0.05) is 37.4 Å². The maximum atomic E-state index is 11.9. The highest BCUT2D eigenvalue weighted by molar-refractivity contribution is 5.81. The zero-order valence-electron chi connectivity index (χ0n) is 11.5. The Morgan fingerprint density at radius 3 is 2.75 bits per heavy atom. The molecule has 3 aromatic rings. The first kappa shape index (κ1) is 12.5. The molecule has 0 fully saturated rings. The van der Waals surface area contributed by atoms with E-state index in [0.717, 1.165) is 22.3 Å². The molecule has 1 N–H and O–H groups in total. The fourth-order valence-corrected chi connectivity index (χ4v) is 2.31. The van der Waals surface area contributed by atoms with E-state index in [-0.39, 0.29) is 5.69 Å². The molecule has 0 amide bonds. The van der Waals surface area contributed by atoms with Crippen LogP contribution in [0.1, 0.15) is 5.56 Å². The van der Waals surface area contributed by atoms with Crippen LogP contribution in [-0.2, 0) is 13.6 Å². The van der Waals surface area contributed by atoms with Gasteiger partial charge in [0.1, 0.15) is 5.82 Å². The Labute approximate surface area is 116 Å². The van der Waals surface area contributed by atoms with Crippen LogP contribution in [0.15, 0.2) is 47.5 Å². The highest BCUT2D eigenvalue weighted by Crippen LogP contribution is 2.20. The third kappa shape index (κ3) is 2.07. The molecule has 1 aromatic carbocycles. The molecule has 0 aliphatic heterocycles. The van der Waals surface area contributed by atoms with Crippen LogP contribution in [0.3, 0.4) is 0 Å². The minimum atomic E-state index is -0.0276. The largest absolute Gasteiger partial charge is 0.373 e. The van der Waals surface area contributed by atoms with E-state index in [1.807, 2.05) is 31.3 Å². The number of nitrogens with one attached hydrogen (secondary N) is 1. The van der Waals surface area contributed by atoms with Gasteiger partial charge in [-0.05, 0) is 12.1 Å². The zero-order chi connectivity index (χ0) is 14.1. The van der Waals surface area contributed by atoms with E-state index < -0.39 is 0 Å². The van der Waals surface area contributed by atoms with Crippen LogP contribution in [-0.4, -0.2) is 21.2 Å². The van der Waals surface area contributed by atoms with Gasteiger partial charge in [-0.15, -0.1) is 0 Å². The van der Waals surface area contributed by atoms with Crippen molar-refractivity contribution in [3.05, 3.63) is 58.8 Å². The predicted octanol–water partition coefficient (Wildman–Crippen LogP) is 1.82. The van der Waals surface area contributed by atoms with Gasteiger partial charge in [-0.2, -0.15) is 0 Å². The van der Waals surface area contributed by atoms with Gasteiger partial charge in [0.05, 0.1) is 12.1 Å². The minimum Gasteiger partial charge on any atom is -0.373 e. The van der Waals surface area contributed by atoms with Crippen LogP contribution >= 0.6 is 0 Å². The molecule has 0 aliphatic rings. The van der Waals surface area contributed by atoms with Gasteiger partial charge in [0.15, 0.2) is 0 Å². The summed E-state index contributed by atoms with van der Waals surface area (Å²) in [5.41, 5.74) is 1.92. The summed E-state index contributed by atoms with van der Waals surface area (Å²) in [7, 11) is 3.59. The molecular formula is C15H16N4O. The van der Waals surface area contributed by atoms with Gasteiger partial charge in [0.2, 0.25) is 0 Å². The first-order chi connectivity index (χ1) is 9.69. The number of aryl methyl sites for hydroxylation is 1. The molecule has 3 rings (SSSR count). The maximum Gasteiger partial charge on any atom is 0.328 e. The Morgan fingerprint density at radius 2 is 2.05 bits per heavy atom. The highest BCUT2D eigenvalue weighted by atomic mass is 16.1. The maximum absolute atomic E-state index is 11.9. The Morgan fingerprint density at radius 1 is 1.25 bits per heavy atom. The Kier molecular flexibility index (Phi) is 3.02. The van der Waals surface area contributed by atoms with Gasteiger partial charge < -0.3 is 9.88 Å². The Balaban J connectivity index is 2.10. The number of para-hydroxylation sites is 1. The number of aromatic nitrogens is 3. The van der Waals surface area contributed by atoms with Crippen molar-refractivity contribution in [3.63, 3.8) is 0 Å². The number of pyridine rings is 1. The van der Waals surface area contributed by atoms with Crippen molar-refractivity contribution in [3.8, 4) is 0 Å². The third-order valence-electron chi connectivity index (χ3n) is 3.40. The molecule has 102 valence electrons. The summed E-state index contributed by atoms with van der Waals surface area (Å²) in [5.74, 6) is 0.805. The van der Waals surface area contributed by atoms with Crippen molar-refractivity contribution in [1.82, 2.24) is 14.1 Å². The molecule has 0 aliphatic carbocycles. The number of benzene rings is 1. The number of nitrogens with zero attached hydrogens (tertiary/aromatic N) is 3. The van der Waals surface area contributed by atoms with E-state index in [9.17, 15) is 4.79 Å². The SMILES string of the molecule is CNc1nc2ccccc2cc1Cn1ccn(C)c1=O. The molecule has 2 aromatic heterocycles. The van der Waals surface area contributed by atoms with Crippen LogP contribution in [0, 0.1) is 0 Å². The average Bonchev–Trinajstić information content (AvgIpc) is 2.78. The lowest BCUT2D eigenvalue weighted by molar-refractivity contribution is 0.717. The van der Waals surface area contributed by atoms with E-state index in [4.69, 9.17) is 0 Å². The Bertz CT molecular complexity index is 816. The first-order valence-corrected chi connectivity index (χ1v) is 6.47. The number of hydrogen-bond acceptors (Lipinski definition) is 3. The van der Waals surface area contributed by atoms with E-state index in [2.05, 4.69) is 16.4 Å². The molecule has 0 unspecified atom stereocenters. The molecule has 0 bridgehead atoms. The minimum absolute atomic E-state index is 0.0276. The van der Waals surface area contributed by atoms with Crippen LogP contribution in [0.2, 0.25) is 0 Å². The van der Waals surface area contributed by atoms with Gasteiger partial charge in [-0.1, -0.05) is 18.2 Å². The standard InChI is InChI=1S/C15H16N4O/c1-16-14-12(10-19-8-7-18(2)15(19)20)9-11-5-3-4-6-13(11)17-14/h3-9H,10H2,1-2H3,(H,16,17). The second-order valence-electron chi connectivity index (χ2n) is 4.76. The molecule has 2 heterocycles. The van der Waals surface area contributed by atoms with Gasteiger partial charge >= 0.3 is 5.69 Å². The zero-order valence-corrected chi connectivity index (χ0v) is 11.5. The molecule has 20 heavy (non-hydrogen) atoms. The van der Waals surface area contributed by atoms with Crippen molar-refractivity contribution in [2.45, 2.75) is 6.54 Å². The van der Waals surface area contributed by atoms with Crippen molar-refractivity contribution in [2.24, 2.45) is 7.05 Å². The van der Waals surface area contributed by atoms with Crippen molar-refractivity contribution in [2.75, 3.05) is 12.4 Å². The topological polar surface area (TPSA) is 51.9 Å². The summed E-state index contributed by atoms with van der Waals surface area (Å²) in [4.78, 5) is 16.5. The third-order valence-corrected chi connectivity index (χ3v) is 3.40. The summed E-state index contributed by atoms with van der Waals surface area (Å²) >= 11 is 0. The van der Waals surface area contributed by atoms with E-state index in [0.29, 0.717) is 6.54 Å². The molecule has 0 saturated carbocycles. The summed E-state index contributed by atoms with van der Waals surface area (Å²) in [6, 6.07) is 10.0. The van der Waals surface area contributed by atoms with Crippen molar-refractivity contribution < 1.29 is 0 Å². The lowest BCUT2D eigenvalue weighted by Crippen LogP contribution is -2.22. The molecule has 0 radical (unpaired) electrons. The molecule has 0 spiro atoms. The van der Waals surface area contributed by atoms with Crippen LogP contribution in [0.25, 0.3) is 10.9 Å². The fraction of sp³-hybridized carbons (Fsp3) is 0.200. The summed E-state index contributed by atoms with van der Waals surface area (Å²) in [5, 5.41) is 4.18. The summed E-state index contributed by atoms with van der Waals surface area (Å²) in [6.45, 7) is 0.508. The quantitative estimate of drug-likeness (QED) is 0.788. The fourth-order valence-electron chi connectivity index (χ4n) is 2.31. The average molecular weight is 268 g/mol. The molecule has 5 nitrogen and oxygen atoms in total. The van der Waals surface area contributed by atoms with Crippen molar-refractivity contribution >= 4 is 16.7 Å². The number of anilines is 1. The normalized spacial score (nSPS) is 10.9. The second kappa shape index (κ2) is 4.85. The number of imidazole rings is 1. The lowest BCUT2D eigenvalue weighted by Gasteiger charge is -2.10. The number of rotatable bonds is 3. The smallest absolute Gasteiger partial charge is 0.328 e. The molecule has 0 atom stereocenters. The van der Waals surface area contributed by atoms with Crippen LogP contribution in [0.5, 0.6) is 0 Å². The van der Waals surface area contributed by atoms with E-state index in [1.165, 1.54) is 0 Å². The van der Waals surface area contributed by atoms with Gasteiger partial charge in [-0.25, -0.2) is 9.78 Å². The number of fused-ring (bicyclic) bond motifs is 1.